The maximum atomic E-state index is 12.0. The Morgan fingerprint density at radius 1 is 1.36 bits per heavy atom. The van der Waals surface area contributed by atoms with Crippen molar-refractivity contribution in [3.8, 4) is 0 Å². The van der Waals surface area contributed by atoms with E-state index in [-0.39, 0.29) is 5.91 Å². The highest BCUT2D eigenvalue weighted by Gasteiger charge is 2.42. The van der Waals surface area contributed by atoms with E-state index in [4.69, 9.17) is 4.74 Å². The Labute approximate surface area is 149 Å². The normalized spacial score (nSPS) is 23.3. The molecule has 2 saturated heterocycles. The van der Waals surface area contributed by atoms with Crippen molar-refractivity contribution in [2.45, 2.75) is 26.3 Å². The van der Waals surface area contributed by atoms with Gasteiger partial charge in [-0.05, 0) is 37.5 Å². The van der Waals surface area contributed by atoms with Crippen LogP contribution in [0.5, 0.6) is 0 Å². The number of hydrogen-bond acceptors (Lipinski definition) is 3. The van der Waals surface area contributed by atoms with Gasteiger partial charge in [-0.3, -0.25) is 9.79 Å². The molecule has 136 valence electrons. The summed E-state index contributed by atoms with van der Waals surface area (Å²) in [6.07, 6.45) is 2.31. The molecule has 2 N–H and O–H groups in total. The molecular formula is C19H28N4O2. The summed E-state index contributed by atoms with van der Waals surface area (Å²) in [6, 6.07) is 7.72. The van der Waals surface area contributed by atoms with Crippen molar-refractivity contribution in [3.63, 3.8) is 0 Å². The molecule has 3 rings (SSSR count). The zero-order chi connectivity index (χ0) is 17.7. The van der Waals surface area contributed by atoms with Gasteiger partial charge in [0.25, 0.3) is 5.91 Å². The van der Waals surface area contributed by atoms with Crippen LogP contribution in [0.2, 0.25) is 0 Å². The van der Waals surface area contributed by atoms with Crippen molar-refractivity contribution >= 4 is 11.9 Å². The summed E-state index contributed by atoms with van der Waals surface area (Å²) in [4.78, 5) is 18.7. The van der Waals surface area contributed by atoms with E-state index in [1.54, 1.807) is 0 Å². The molecule has 0 saturated carbocycles. The Kier molecular flexibility index (Phi) is 5.58. The zero-order valence-electron chi connectivity index (χ0n) is 15.2. The van der Waals surface area contributed by atoms with E-state index in [9.17, 15) is 4.79 Å². The number of nitrogens with zero attached hydrogens (tertiary/aromatic N) is 2. The summed E-state index contributed by atoms with van der Waals surface area (Å²) >= 11 is 0. The van der Waals surface area contributed by atoms with Crippen LogP contribution >= 0.6 is 0 Å². The van der Waals surface area contributed by atoms with Gasteiger partial charge in [0.05, 0.1) is 6.61 Å². The van der Waals surface area contributed by atoms with Gasteiger partial charge in [-0.25, -0.2) is 0 Å². The number of guanidine groups is 1. The van der Waals surface area contributed by atoms with E-state index in [1.165, 1.54) is 6.42 Å². The van der Waals surface area contributed by atoms with Gasteiger partial charge in [-0.2, -0.15) is 0 Å². The first-order valence-electron chi connectivity index (χ1n) is 9.06. The average molecular weight is 344 g/mol. The van der Waals surface area contributed by atoms with Crippen LogP contribution in [0.4, 0.5) is 0 Å². The molecule has 1 aromatic rings. The highest BCUT2D eigenvalue weighted by Crippen LogP contribution is 2.38. The summed E-state index contributed by atoms with van der Waals surface area (Å²) < 4.78 is 5.60. The second-order valence-corrected chi connectivity index (χ2v) is 6.93. The van der Waals surface area contributed by atoms with Gasteiger partial charge in [0.15, 0.2) is 5.96 Å². The number of nitrogens with one attached hydrogen (secondary N) is 2. The Bertz CT molecular complexity index is 638. The van der Waals surface area contributed by atoms with Crippen molar-refractivity contribution < 1.29 is 9.53 Å². The molecule has 6 nitrogen and oxygen atoms in total. The standard InChI is InChI=1S/C19H28N4O2/c1-3-21-17(24)16-6-4-5-15(11-16)12-22-18(20-2)23-9-7-19(13-23)8-10-25-14-19/h4-6,11H,3,7-10,12-14H2,1-2H3,(H,20,22)(H,21,24). The topological polar surface area (TPSA) is 66.0 Å². The van der Waals surface area contributed by atoms with E-state index in [0.29, 0.717) is 24.1 Å². The van der Waals surface area contributed by atoms with Crippen molar-refractivity contribution in [2.75, 3.05) is 39.9 Å². The molecule has 2 fully saturated rings. The molecule has 0 aliphatic carbocycles. The lowest BCUT2D eigenvalue weighted by molar-refractivity contribution is 0.0955. The largest absolute Gasteiger partial charge is 0.381 e. The summed E-state index contributed by atoms with van der Waals surface area (Å²) in [5.74, 6) is 0.892. The number of likely N-dealkylation sites (tertiary alicyclic amines) is 1. The molecule has 2 aliphatic rings. The number of ether oxygens (including phenoxy) is 1. The number of carbonyl (C=O) groups excluding carboxylic acids is 1. The van der Waals surface area contributed by atoms with Gasteiger partial charge in [0.1, 0.15) is 0 Å². The minimum Gasteiger partial charge on any atom is -0.381 e. The van der Waals surface area contributed by atoms with Crippen LogP contribution in [0.25, 0.3) is 0 Å². The van der Waals surface area contributed by atoms with Crippen LogP contribution < -0.4 is 10.6 Å². The second-order valence-electron chi connectivity index (χ2n) is 6.93. The Balaban J connectivity index is 1.58. The van der Waals surface area contributed by atoms with E-state index in [0.717, 1.165) is 44.2 Å². The Morgan fingerprint density at radius 3 is 2.96 bits per heavy atom. The van der Waals surface area contributed by atoms with Crippen molar-refractivity contribution in [2.24, 2.45) is 10.4 Å². The van der Waals surface area contributed by atoms with Crippen LogP contribution in [-0.4, -0.2) is 56.7 Å². The fourth-order valence-electron chi connectivity index (χ4n) is 3.69. The molecule has 1 unspecified atom stereocenters. The minimum atomic E-state index is -0.0311. The van der Waals surface area contributed by atoms with Crippen LogP contribution in [0, 0.1) is 5.41 Å². The molecule has 0 aromatic heterocycles. The fourth-order valence-corrected chi connectivity index (χ4v) is 3.69. The molecule has 1 aromatic carbocycles. The maximum Gasteiger partial charge on any atom is 0.251 e. The molecule has 1 amide bonds. The maximum absolute atomic E-state index is 12.0. The van der Waals surface area contributed by atoms with E-state index in [2.05, 4.69) is 20.5 Å². The molecule has 6 heteroatoms. The van der Waals surface area contributed by atoms with Crippen molar-refractivity contribution in [3.05, 3.63) is 35.4 Å². The highest BCUT2D eigenvalue weighted by atomic mass is 16.5. The van der Waals surface area contributed by atoms with E-state index in [1.807, 2.05) is 38.2 Å². The predicted molar refractivity (Wildman–Crippen MR) is 98.7 cm³/mol. The van der Waals surface area contributed by atoms with Crippen LogP contribution in [0.15, 0.2) is 29.3 Å². The fraction of sp³-hybridized carbons (Fsp3) is 0.579. The lowest BCUT2D eigenvalue weighted by Gasteiger charge is -2.25. The Hall–Kier alpha value is -2.08. The first-order chi connectivity index (χ1) is 12.2. The third-order valence-electron chi connectivity index (χ3n) is 5.11. The number of amides is 1. The van der Waals surface area contributed by atoms with Crippen LogP contribution in [0.3, 0.4) is 0 Å². The zero-order valence-corrected chi connectivity index (χ0v) is 15.2. The van der Waals surface area contributed by atoms with Gasteiger partial charge < -0.3 is 20.3 Å². The number of rotatable bonds is 4. The highest BCUT2D eigenvalue weighted by molar-refractivity contribution is 5.94. The van der Waals surface area contributed by atoms with E-state index >= 15 is 0 Å². The summed E-state index contributed by atoms with van der Waals surface area (Å²) in [7, 11) is 1.82. The number of aliphatic imine (C=N–C) groups is 1. The summed E-state index contributed by atoms with van der Waals surface area (Å²) in [5, 5.41) is 6.27. The smallest absolute Gasteiger partial charge is 0.251 e. The number of hydrogen-bond donors (Lipinski definition) is 2. The number of carbonyl (C=O) groups is 1. The summed E-state index contributed by atoms with van der Waals surface area (Å²) in [6.45, 7) is 6.98. The molecule has 2 heterocycles. The third kappa shape index (κ3) is 4.12. The van der Waals surface area contributed by atoms with Gasteiger partial charge in [0, 0.05) is 50.8 Å². The van der Waals surface area contributed by atoms with Gasteiger partial charge in [-0.15, -0.1) is 0 Å². The van der Waals surface area contributed by atoms with Crippen LogP contribution in [-0.2, 0) is 11.3 Å². The molecule has 1 atom stereocenters. The first-order valence-corrected chi connectivity index (χ1v) is 9.06. The third-order valence-corrected chi connectivity index (χ3v) is 5.11. The Morgan fingerprint density at radius 2 is 2.24 bits per heavy atom. The second kappa shape index (κ2) is 7.87. The molecule has 2 aliphatic heterocycles. The van der Waals surface area contributed by atoms with Gasteiger partial charge >= 0.3 is 0 Å². The molecule has 25 heavy (non-hydrogen) atoms. The molecule has 0 bridgehead atoms. The quantitative estimate of drug-likeness (QED) is 0.643. The molecule has 1 spiro atoms. The molecular weight excluding hydrogens is 316 g/mol. The monoisotopic (exact) mass is 344 g/mol. The molecule has 0 radical (unpaired) electrons. The minimum absolute atomic E-state index is 0.0311. The van der Waals surface area contributed by atoms with Gasteiger partial charge in [0.2, 0.25) is 0 Å². The summed E-state index contributed by atoms with van der Waals surface area (Å²) in [5.41, 5.74) is 2.08. The van der Waals surface area contributed by atoms with E-state index < -0.39 is 0 Å². The lowest BCUT2D eigenvalue weighted by Crippen LogP contribution is -2.41. The first kappa shape index (κ1) is 17.7. The lowest BCUT2D eigenvalue weighted by atomic mass is 9.87. The van der Waals surface area contributed by atoms with Gasteiger partial charge in [-0.1, -0.05) is 12.1 Å². The van der Waals surface area contributed by atoms with Crippen LogP contribution in [0.1, 0.15) is 35.7 Å². The van der Waals surface area contributed by atoms with Crippen molar-refractivity contribution in [1.29, 1.82) is 0 Å². The van der Waals surface area contributed by atoms with Crippen molar-refractivity contribution in [1.82, 2.24) is 15.5 Å². The predicted octanol–water partition coefficient (Wildman–Crippen LogP) is 1.62. The SMILES string of the molecule is CCNC(=O)c1cccc(CNC(=NC)N2CCC3(CCOC3)C2)c1. The number of benzene rings is 1. The average Bonchev–Trinajstić information content (AvgIpc) is 3.26.